The minimum absolute atomic E-state index is 0.170. The predicted molar refractivity (Wildman–Crippen MR) is 149 cm³/mol. The monoisotopic (exact) mass is 521 g/mol. The first-order chi connectivity index (χ1) is 17.7. The molecule has 0 aliphatic carbocycles. The van der Waals surface area contributed by atoms with Gasteiger partial charge in [-0.2, -0.15) is 0 Å². The molecule has 0 saturated heterocycles. The molecule has 196 valence electrons. The van der Waals surface area contributed by atoms with Crippen LogP contribution in [0.3, 0.4) is 0 Å². The zero-order chi connectivity index (χ0) is 27.4. The summed E-state index contributed by atoms with van der Waals surface area (Å²) >= 11 is 0. The Morgan fingerprint density at radius 2 is 1.43 bits per heavy atom. The van der Waals surface area contributed by atoms with Gasteiger partial charge >= 0.3 is 0 Å². The topological polar surface area (TPSA) is 95.7 Å². The highest BCUT2D eigenvalue weighted by molar-refractivity contribution is 7.95. The molecule has 0 atom stereocenters. The summed E-state index contributed by atoms with van der Waals surface area (Å²) in [6, 6.07) is 20.8. The Bertz CT molecular complexity index is 1310. The Labute approximate surface area is 220 Å². The second-order valence-corrected chi connectivity index (χ2v) is 10.0. The van der Waals surface area contributed by atoms with E-state index in [0.29, 0.717) is 17.1 Å². The smallest absolute Gasteiger partial charge is 0.231 e. The third-order valence-corrected chi connectivity index (χ3v) is 7.74. The zero-order valence-electron chi connectivity index (χ0n) is 21.9. The summed E-state index contributed by atoms with van der Waals surface area (Å²) in [4.78, 5) is 9.02. The fourth-order valence-electron chi connectivity index (χ4n) is 3.73. The van der Waals surface area contributed by atoms with Gasteiger partial charge in [-0.1, -0.05) is 69.0 Å². The number of aryl methyl sites for hydroxylation is 3. The van der Waals surface area contributed by atoms with Gasteiger partial charge in [0.25, 0.3) is 0 Å². The molecule has 6 nitrogen and oxygen atoms in total. The van der Waals surface area contributed by atoms with E-state index in [1.165, 1.54) is 11.1 Å². The van der Waals surface area contributed by atoms with Crippen LogP contribution in [-0.4, -0.2) is 21.6 Å². The molecule has 1 amide bonds. The van der Waals surface area contributed by atoms with Gasteiger partial charge in [-0.25, -0.2) is 8.42 Å². The molecule has 37 heavy (non-hydrogen) atoms. The molecule has 0 bridgehead atoms. The molecule has 0 spiro atoms. The molecule has 1 aliphatic rings. The minimum atomic E-state index is -3.64. The molecule has 4 rings (SSSR count). The van der Waals surface area contributed by atoms with Crippen molar-refractivity contribution in [3.63, 3.8) is 0 Å². The predicted octanol–water partition coefficient (Wildman–Crippen LogP) is 6.03. The van der Waals surface area contributed by atoms with Crippen molar-refractivity contribution < 1.29 is 22.7 Å². The molecule has 1 aliphatic heterocycles. The van der Waals surface area contributed by atoms with Crippen molar-refractivity contribution in [3.8, 4) is 11.5 Å². The van der Waals surface area contributed by atoms with Crippen LogP contribution in [0.4, 0.5) is 0 Å². The number of fused-ring (bicyclic) bond motifs is 1. The van der Waals surface area contributed by atoms with Crippen LogP contribution in [0.5, 0.6) is 11.5 Å². The van der Waals surface area contributed by atoms with Crippen molar-refractivity contribution in [2.24, 2.45) is 5.73 Å². The lowest BCUT2D eigenvalue weighted by Crippen LogP contribution is -2.07. The van der Waals surface area contributed by atoms with E-state index in [0.717, 1.165) is 24.0 Å². The van der Waals surface area contributed by atoms with Gasteiger partial charge in [0, 0.05) is 0 Å². The molecule has 3 aromatic rings. The Balaban J connectivity index is 0.000000308. The van der Waals surface area contributed by atoms with Crippen LogP contribution in [0.15, 0.2) is 89.2 Å². The van der Waals surface area contributed by atoms with Crippen LogP contribution >= 0.6 is 0 Å². The number of nitrogens with two attached hydrogens (primary N) is 1. The summed E-state index contributed by atoms with van der Waals surface area (Å²) in [5, 5.41) is 0. The minimum Gasteiger partial charge on any atom is -0.454 e. The lowest BCUT2D eigenvalue weighted by atomic mass is 10.0. The largest absolute Gasteiger partial charge is 0.454 e. The van der Waals surface area contributed by atoms with E-state index >= 15 is 0 Å². The summed E-state index contributed by atoms with van der Waals surface area (Å²) in [6.45, 7) is 12.2. The fourth-order valence-corrected chi connectivity index (χ4v) is 5.24. The van der Waals surface area contributed by atoms with Crippen molar-refractivity contribution in [2.45, 2.75) is 45.4 Å². The third kappa shape index (κ3) is 7.57. The van der Waals surface area contributed by atoms with Gasteiger partial charge in [0.2, 0.25) is 23.0 Å². The van der Waals surface area contributed by atoms with E-state index in [1.54, 1.807) is 49.4 Å². The van der Waals surface area contributed by atoms with Gasteiger partial charge in [-0.3, -0.25) is 4.79 Å². The van der Waals surface area contributed by atoms with Gasteiger partial charge < -0.3 is 15.2 Å². The number of sulfone groups is 1. The number of allylic oxidation sites excluding steroid dienone is 2. The second kappa shape index (κ2) is 14.0. The SMILES string of the molecule is C=C(/C(=C\C)S(=O)(=O)c1ccccc1)c1cc2c(cc1C)OCO2.CCc1ccc(CC)cc1.NC=O. The standard InChI is InChI=1S/C19H18O4S.C10H14.CH3NO/c1-4-19(24(20,21)15-8-6-5-7-9-15)14(3)16-11-18-17(10-13(16)2)22-12-23-18;1-3-9-5-7-10(4-2)8-6-9;2-1-3/h4-11H,3,12H2,1-2H3;5-8H,3-4H2,1-2H3;1H,(H2,2,3)/b19-4+;;. The number of ether oxygens (including phenoxy) is 2. The highest BCUT2D eigenvalue weighted by Crippen LogP contribution is 2.39. The second-order valence-electron chi connectivity index (χ2n) is 8.13. The lowest BCUT2D eigenvalue weighted by Gasteiger charge is -2.15. The maximum atomic E-state index is 12.9. The number of benzene rings is 3. The number of amides is 1. The summed E-state index contributed by atoms with van der Waals surface area (Å²) in [6.07, 6.45) is 4.11. The quantitative estimate of drug-likeness (QED) is 0.316. The van der Waals surface area contributed by atoms with Gasteiger partial charge in [0.15, 0.2) is 11.5 Å². The van der Waals surface area contributed by atoms with Crippen LogP contribution in [0.2, 0.25) is 0 Å². The fraction of sp³-hybridized carbons (Fsp3) is 0.233. The van der Waals surface area contributed by atoms with Gasteiger partial charge in [0.05, 0.1) is 9.80 Å². The molecule has 2 N–H and O–H groups in total. The van der Waals surface area contributed by atoms with Crippen molar-refractivity contribution in [1.29, 1.82) is 0 Å². The summed E-state index contributed by atoms with van der Waals surface area (Å²) in [5.41, 5.74) is 9.07. The third-order valence-electron chi connectivity index (χ3n) is 5.79. The molecule has 1 heterocycles. The van der Waals surface area contributed by atoms with Crippen LogP contribution in [-0.2, 0) is 27.5 Å². The Morgan fingerprint density at radius 1 is 0.946 bits per heavy atom. The van der Waals surface area contributed by atoms with E-state index in [-0.39, 0.29) is 23.0 Å². The van der Waals surface area contributed by atoms with Crippen LogP contribution in [0.25, 0.3) is 5.57 Å². The molecule has 0 aromatic heterocycles. The summed E-state index contributed by atoms with van der Waals surface area (Å²) in [7, 11) is -3.64. The van der Waals surface area contributed by atoms with E-state index in [1.807, 2.05) is 13.0 Å². The van der Waals surface area contributed by atoms with Crippen molar-refractivity contribution in [3.05, 3.63) is 107 Å². The number of rotatable bonds is 6. The zero-order valence-corrected chi connectivity index (χ0v) is 22.7. The molecule has 7 heteroatoms. The summed E-state index contributed by atoms with van der Waals surface area (Å²) in [5.74, 6) is 1.27. The molecular weight excluding hydrogens is 486 g/mol. The molecule has 0 saturated carbocycles. The Hall–Kier alpha value is -3.84. The first kappa shape index (κ1) is 29.4. The molecule has 0 radical (unpaired) electrons. The number of primary amides is 1. The maximum Gasteiger partial charge on any atom is 0.231 e. The highest BCUT2D eigenvalue weighted by atomic mass is 32.2. The number of carbonyl (C=O) groups is 1. The van der Waals surface area contributed by atoms with Crippen LogP contribution in [0.1, 0.15) is 43.0 Å². The first-order valence-corrected chi connectivity index (χ1v) is 13.5. The maximum absolute atomic E-state index is 12.9. The van der Waals surface area contributed by atoms with Crippen LogP contribution < -0.4 is 15.2 Å². The average molecular weight is 522 g/mol. The lowest BCUT2D eigenvalue weighted by molar-refractivity contribution is -0.106. The van der Waals surface area contributed by atoms with E-state index < -0.39 is 9.84 Å². The number of hydrogen-bond donors (Lipinski definition) is 1. The first-order valence-electron chi connectivity index (χ1n) is 12.0. The summed E-state index contributed by atoms with van der Waals surface area (Å²) < 4.78 is 36.6. The van der Waals surface area contributed by atoms with Crippen molar-refractivity contribution in [2.75, 3.05) is 6.79 Å². The van der Waals surface area contributed by atoms with E-state index in [4.69, 9.17) is 14.3 Å². The normalized spacial score (nSPS) is 11.9. The van der Waals surface area contributed by atoms with Crippen molar-refractivity contribution in [1.82, 2.24) is 0 Å². The molecular formula is C30H35NO5S. The average Bonchev–Trinajstić information content (AvgIpc) is 3.37. The van der Waals surface area contributed by atoms with Crippen LogP contribution in [0, 0.1) is 6.92 Å². The molecule has 3 aromatic carbocycles. The van der Waals surface area contributed by atoms with Gasteiger partial charge in [0.1, 0.15) is 0 Å². The van der Waals surface area contributed by atoms with Gasteiger partial charge in [-0.15, -0.1) is 0 Å². The molecule has 0 fully saturated rings. The van der Waals surface area contributed by atoms with E-state index in [2.05, 4.69) is 50.4 Å². The van der Waals surface area contributed by atoms with Crippen molar-refractivity contribution >= 4 is 21.8 Å². The molecule has 0 unspecified atom stereocenters. The Morgan fingerprint density at radius 3 is 1.89 bits per heavy atom. The highest BCUT2D eigenvalue weighted by Gasteiger charge is 2.25. The Kier molecular flexibility index (Phi) is 11.2. The van der Waals surface area contributed by atoms with E-state index in [9.17, 15) is 8.42 Å². The number of hydrogen-bond acceptors (Lipinski definition) is 5. The number of carbonyl (C=O) groups excluding carboxylic acids is 1. The van der Waals surface area contributed by atoms with Gasteiger partial charge in [-0.05, 0) is 78.8 Å².